The van der Waals surface area contributed by atoms with Gasteiger partial charge in [0, 0.05) is 25.2 Å². The van der Waals surface area contributed by atoms with Gasteiger partial charge in [0.1, 0.15) is 12.4 Å². The van der Waals surface area contributed by atoms with Gasteiger partial charge >= 0.3 is 0 Å². The highest BCUT2D eigenvalue weighted by molar-refractivity contribution is 5.72. The number of aliphatic imine (C=N–C) groups is 1. The molecule has 26 heavy (non-hydrogen) atoms. The summed E-state index contributed by atoms with van der Waals surface area (Å²) in [5.41, 5.74) is 0. The highest BCUT2D eigenvalue weighted by Gasteiger charge is 2.32. The summed E-state index contributed by atoms with van der Waals surface area (Å²) in [6, 6.07) is -0.132. The van der Waals surface area contributed by atoms with Crippen molar-refractivity contribution in [2.45, 2.75) is 31.8 Å². The van der Waals surface area contributed by atoms with Crippen LogP contribution in [0, 0.1) is 11.8 Å². The quantitative estimate of drug-likeness (QED) is 0.302. The average Bonchev–Trinajstić information content (AvgIpc) is 2.70. The van der Waals surface area contributed by atoms with E-state index in [9.17, 15) is 9.90 Å². The summed E-state index contributed by atoms with van der Waals surface area (Å²) in [5.74, 6) is -0.0431. The fraction of sp³-hybridized carbons (Fsp3) is 0.579. The second-order valence-electron chi connectivity index (χ2n) is 6.41. The van der Waals surface area contributed by atoms with Crippen molar-refractivity contribution >= 4 is 12.6 Å². The lowest BCUT2D eigenvalue weighted by Crippen LogP contribution is -2.51. The molecule has 0 aromatic carbocycles. The van der Waals surface area contributed by atoms with E-state index in [1.807, 2.05) is 25.2 Å². The molecule has 7 nitrogen and oxygen atoms in total. The number of carbonyl (C=O) groups excluding carboxylic acids is 1. The van der Waals surface area contributed by atoms with Gasteiger partial charge in [-0.1, -0.05) is 25.2 Å². The minimum absolute atomic E-state index is 0.0978. The summed E-state index contributed by atoms with van der Waals surface area (Å²) in [6.07, 6.45) is 11.7. The van der Waals surface area contributed by atoms with Crippen molar-refractivity contribution in [3.63, 3.8) is 0 Å². The third-order valence-corrected chi connectivity index (χ3v) is 4.84. The Morgan fingerprint density at radius 3 is 2.85 bits per heavy atom. The molecule has 2 aliphatic heterocycles. The van der Waals surface area contributed by atoms with Crippen LogP contribution >= 0.6 is 0 Å². The van der Waals surface area contributed by atoms with Crippen LogP contribution in [0.1, 0.15) is 13.3 Å². The zero-order valence-corrected chi connectivity index (χ0v) is 15.3. The molecule has 0 saturated carbocycles. The predicted octanol–water partition coefficient (Wildman–Crippen LogP) is 0.650. The number of morpholine rings is 1. The number of aliphatic hydroxyl groups is 1. The molecule has 0 aromatic rings. The molecule has 0 aliphatic carbocycles. The molecule has 144 valence electrons. The van der Waals surface area contributed by atoms with E-state index in [1.54, 1.807) is 18.5 Å². The molecule has 7 heteroatoms. The monoisotopic (exact) mass is 362 g/mol. The number of hydrogen-bond donors (Lipinski definition) is 3. The molecular formula is C19H30N4O3. The maximum atomic E-state index is 10.7. The van der Waals surface area contributed by atoms with Crippen molar-refractivity contribution in [1.29, 1.82) is 0 Å². The number of rotatable bonds is 10. The fourth-order valence-corrected chi connectivity index (χ4v) is 3.31. The first kappa shape index (κ1) is 20.4. The third kappa shape index (κ3) is 5.52. The molecule has 5 atom stereocenters. The number of nitrogens with zero attached hydrogens (tertiary/aromatic N) is 2. The van der Waals surface area contributed by atoms with Gasteiger partial charge in [-0.2, -0.15) is 0 Å². The van der Waals surface area contributed by atoms with E-state index in [4.69, 9.17) is 4.74 Å². The van der Waals surface area contributed by atoms with Crippen LogP contribution in [0.5, 0.6) is 0 Å². The largest absolute Gasteiger partial charge is 0.379 e. The Labute approximate surface area is 155 Å². The summed E-state index contributed by atoms with van der Waals surface area (Å²) in [7, 11) is 0. The number of hydrogen-bond acceptors (Lipinski definition) is 6. The standard InChI is InChI=1S/C19H30N4O3/c1-3-15(17(4-2)22-14-24)7-9-21-19(25)16-6-5-8-20-18(16)23-10-12-26-13-11-23/h4-9,14-19,21,25H,2-3,10-13H2,1H3,(H,22,24)/b9-7+. The average molecular weight is 362 g/mol. The van der Waals surface area contributed by atoms with Crippen LogP contribution in [0.15, 0.2) is 42.1 Å². The normalized spacial score (nSPS) is 27.0. The smallest absolute Gasteiger partial charge is 0.207 e. The number of aliphatic hydroxyl groups excluding tert-OH is 1. The predicted molar refractivity (Wildman–Crippen MR) is 103 cm³/mol. The first-order valence-corrected chi connectivity index (χ1v) is 9.16. The van der Waals surface area contributed by atoms with Gasteiger partial charge in [-0.3, -0.25) is 14.7 Å². The van der Waals surface area contributed by atoms with E-state index in [-0.39, 0.29) is 24.0 Å². The van der Waals surface area contributed by atoms with Gasteiger partial charge in [0.2, 0.25) is 6.41 Å². The second kappa shape index (κ2) is 10.9. The fourth-order valence-electron chi connectivity index (χ4n) is 3.31. The van der Waals surface area contributed by atoms with Gasteiger partial charge in [0.25, 0.3) is 0 Å². The Bertz CT molecular complexity index is 529. The number of dihydropyridines is 1. The highest BCUT2D eigenvalue weighted by atomic mass is 16.5. The van der Waals surface area contributed by atoms with Crippen LogP contribution in [0.4, 0.5) is 0 Å². The summed E-state index contributed by atoms with van der Waals surface area (Å²) >= 11 is 0. The Hall–Kier alpha value is -1.96. The molecule has 3 N–H and O–H groups in total. The van der Waals surface area contributed by atoms with Crippen molar-refractivity contribution in [3.8, 4) is 0 Å². The van der Waals surface area contributed by atoms with Crippen LogP contribution in [0.25, 0.3) is 0 Å². The Morgan fingerprint density at radius 1 is 1.42 bits per heavy atom. The molecule has 2 heterocycles. The number of ether oxygens (including phenoxy) is 1. The van der Waals surface area contributed by atoms with Gasteiger partial charge in [0.15, 0.2) is 0 Å². The van der Waals surface area contributed by atoms with Gasteiger partial charge < -0.3 is 20.5 Å². The summed E-state index contributed by atoms with van der Waals surface area (Å²) < 4.78 is 5.40. The molecular weight excluding hydrogens is 332 g/mol. The van der Waals surface area contributed by atoms with Crippen molar-refractivity contribution in [3.05, 3.63) is 37.1 Å². The molecule has 1 fully saturated rings. The Kier molecular flexibility index (Phi) is 8.53. The van der Waals surface area contributed by atoms with Gasteiger partial charge in [-0.05, 0) is 18.7 Å². The summed E-state index contributed by atoms with van der Waals surface area (Å²) in [4.78, 5) is 17.5. The van der Waals surface area contributed by atoms with Crippen LogP contribution in [0.3, 0.4) is 0 Å². The molecule has 0 radical (unpaired) electrons. The van der Waals surface area contributed by atoms with Crippen LogP contribution in [-0.2, 0) is 9.53 Å². The topological polar surface area (TPSA) is 86.2 Å². The SMILES string of the molecule is C=CC(NC=O)C(/C=C/NC(O)C1C=CC=NC1N1CCOCC1)CC. The third-order valence-electron chi connectivity index (χ3n) is 4.84. The van der Waals surface area contributed by atoms with E-state index in [0.717, 1.165) is 19.5 Å². The summed E-state index contributed by atoms with van der Waals surface area (Å²) in [5, 5.41) is 16.4. The molecule has 0 spiro atoms. The van der Waals surface area contributed by atoms with Crippen molar-refractivity contribution in [1.82, 2.24) is 15.5 Å². The molecule has 5 unspecified atom stereocenters. The van der Waals surface area contributed by atoms with E-state index in [0.29, 0.717) is 19.6 Å². The number of carbonyl (C=O) groups is 1. The maximum Gasteiger partial charge on any atom is 0.207 e. The van der Waals surface area contributed by atoms with E-state index < -0.39 is 6.23 Å². The van der Waals surface area contributed by atoms with Crippen LogP contribution in [0.2, 0.25) is 0 Å². The zero-order chi connectivity index (χ0) is 18.8. The Morgan fingerprint density at radius 2 is 2.19 bits per heavy atom. The van der Waals surface area contributed by atoms with Crippen molar-refractivity contribution in [2.75, 3.05) is 26.3 Å². The molecule has 2 aliphatic rings. The van der Waals surface area contributed by atoms with Gasteiger partial charge in [-0.15, -0.1) is 6.58 Å². The number of amides is 1. The Balaban J connectivity index is 1.94. The summed E-state index contributed by atoms with van der Waals surface area (Å²) in [6.45, 7) is 8.81. The van der Waals surface area contributed by atoms with Gasteiger partial charge in [-0.25, -0.2) is 0 Å². The molecule has 0 bridgehead atoms. The lowest BCUT2D eigenvalue weighted by molar-refractivity contribution is -0.110. The first-order chi connectivity index (χ1) is 12.7. The van der Waals surface area contributed by atoms with Crippen molar-refractivity contribution in [2.24, 2.45) is 16.8 Å². The lowest BCUT2D eigenvalue weighted by atomic mass is 9.96. The highest BCUT2D eigenvalue weighted by Crippen LogP contribution is 2.21. The van der Waals surface area contributed by atoms with Gasteiger partial charge in [0.05, 0.1) is 25.2 Å². The molecule has 1 amide bonds. The molecule has 0 aromatic heterocycles. The van der Waals surface area contributed by atoms with E-state index in [1.165, 1.54) is 0 Å². The zero-order valence-electron chi connectivity index (χ0n) is 15.3. The van der Waals surface area contributed by atoms with Crippen LogP contribution in [-0.4, -0.2) is 67.4 Å². The van der Waals surface area contributed by atoms with E-state index >= 15 is 0 Å². The van der Waals surface area contributed by atoms with E-state index in [2.05, 4.69) is 27.1 Å². The molecule has 1 saturated heterocycles. The number of allylic oxidation sites excluding steroid dienone is 1. The molecule has 2 rings (SSSR count). The van der Waals surface area contributed by atoms with Crippen LogP contribution < -0.4 is 10.6 Å². The number of nitrogens with one attached hydrogen (secondary N) is 2. The first-order valence-electron chi connectivity index (χ1n) is 9.16. The maximum absolute atomic E-state index is 10.7. The minimum Gasteiger partial charge on any atom is -0.379 e. The lowest BCUT2D eigenvalue weighted by Gasteiger charge is -2.38. The second-order valence-corrected chi connectivity index (χ2v) is 6.41. The minimum atomic E-state index is -0.758. The van der Waals surface area contributed by atoms with Crippen molar-refractivity contribution < 1.29 is 14.6 Å².